The summed E-state index contributed by atoms with van der Waals surface area (Å²) < 4.78 is 16.1. The molecule has 168 valence electrons. The molecule has 33 heavy (non-hydrogen) atoms. The fourth-order valence-corrected chi connectivity index (χ4v) is 3.55. The maximum absolute atomic E-state index is 12.5. The van der Waals surface area contributed by atoms with E-state index in [4.69, 9.17) is 14.2 Å². The second-order valence-corrected chi connectivity index (χ2v) is 7.57. The zero-order valence-corrected chi connectivity index (χ0v) is 18.1. The molecule has 3 aromatic rings. The lowest BCUT2D eigenvalue weighted by molar-refractivity contribution is -0.147. The van der Waals surface area contributed by atoms with Crippen LogP contribution in [0.3, 0.4) is 0 Å². The first kappa shape index (κ1) is 22.1. The van der Waals surface area contributed by atoms with Crippen molar-refractivity contribution in [3.05, 3.63) is 84.4 Å². The second kappa shape index (κ2) is 9.99. The first-order chi connectivity index (χ1) is 16.0. The number of amides is 1. The number of methoxy groups -OCH3 is 1. The molecule has 1 unspecified atom stereocenters. The molecule has 1 aliphatic heterocycles. The molecule has 7 heteroatoms. The van der Waals surface area contributed by atoms with Crippen molar-refractivity contribution >= 4 is 23.3 Å². The summed E-state index contributed by atoms with van der Waals surface area (Å²) in [6, 6.07) is 22.9. The lowest BCUT2D eigenvalue weighted by Crippen LogP contribution is -2.27. The molecule has 4 rings (SSSR count). The Morgan fingerprint density at radius 3 is 2.12 bits per heavy atom. The van der Waals surface area contributed by atoms with Crippen molar-refractivity contribution < 1.29 is 28.6 Å². The van der Waals surface area contributed by atoms with Crippen LogP contribution in [0.1, 0.15) is 16.8 Å². The quantitative estimate of drug-likeness (QED) is 0.381. The molecule has 3 aromatic carbocycles. The normalized spacial score (nSPS) is 15.2. The van der Waals surface area contributed by atoms with E-state index >= 15 is 0 Å². The van der Waals surface area contributed by atoms with Crippen molar-refractivity contribution in [2.75, 3.05) is 25.2 Å². The highest BCUT2D eigenvalue weighted by Gasteiger charge is 2.36. The highest BCUT2D eigenvalue weighted by molar-refractivity contribution is 6.01. The summed E-state index contributed by atoms with van der Waals surface area (Å²) >= 11 is 0. The highest BCUT2D eigenvalue weighted by Crippen LogP contribution is 2.29. The van der Waals surface area contributed by atoms with Gasteiger partial charge in [0.1, 0.15) is 17.2 Å². The van der Waals surface area contributed by atoms with Gasteiger partial charge in [0.2, 0.25) is 5.91 Å². The van der Waals surface area contributed by atoms with E-state index in [0.29, 0.717) is 22.7 Å². The zero-order valence-electron chi connectivity index (χ0n) is 18.1. The summed E-state index contributed by atoms with van der Waals surface area (Å²) in [5.74, 6) is 0.404. The maximum atomic E-state index is 12.5. The number of ketones is 1. The van der Waals surface area contributed by atoms with E-state index < -0.39 is 11.9 Å². The summed E-state index contributed by atoms with van der Waals surface area (Å²) in [6.45, 7) is -0.138. The average molecular weight is 445 g/mol. The Balaban J connectivity index is 1.32. The Morgan fingerprint density at radius 2 is 1.48 bits per heavy atom. The number of Topliss-reactive ketones (excluding diaryl/α,β-unsaturated/α-hetero) is 1. The molecule has 0 radical (unpaired) electrons. The summed E-state index contributed by atoms with van der Waals surface area (Å²) in [5.41, 5.74) is 1.14. The zero-order chi connectivity index (χ0) is 23.2. The van der Waals surface area contributed by atoms with Gasteiger partial charge in [-0.1, -0.05) is 30.3 Å². The number of carbonyl (C=O) groups is 3. The number of carbonyl (C=O) groups excluding carboxylic acids is 3. The molecule has 1 heterocycles. The lowest BCUT2D eigenvalue weighted by atomic mass is 10.1. The molecule has 1 aliphatic rings. The predicted octanol–water partition coefficient (Wildman–Crippen LogP) is 4.27. The molecule has 0 saturated carbocycles. The van der Waals surface area contributed by atoms with Gasteiger partial charge in [-0.15, -0.1) is 0 Å². The molecule has 1 saturated heterocycles. The third kappa shape index (κ3) is 5.38. The highest BCUT2D eigenvalue weighted by atomic mass is 16.5. The molecule has 0 aromatic heterocycles. The van der Waals surface area contributed by atoms with Crippen LogP contribution < -0.4 is 14.4 Å². The predicted molar refractivity (Wildman–Crippen MR) is 122 cm³/mol. The van der Waals surface area contributed by atoms with Crippen molar-refractivity contribution in [2.45, 2.75) is 6.42 Å². The number of nitrogens with zero attached hydrogens (tertiary/aromatic N) is 1. The van der Waals surface area contributed by atoms with Gasteiger partial charge in [0.25, 0.3) is 0 Å². The number of ether oxygens (including phenoxy) is 3. The van der Waals surface area contributed by atoms with E-state index in [-0.39, 0.29) is 31.3 Å². The lowest BCUT2D eigenvalue weighted by Gasteiger charge is -2.17. The van der Waals surface area contributed by atoms with Gasteiger partial charge >= 0.3 is 5.97 Å². The fraction of sp³-hybridized carbons (Fsp3) is 0.192. The molecule has 0 spiro atoms. The standard InChI is InChI=1S/C26H23NO6/c1-31-21-11-13-23(14-12-21)33-22-9-7-20(8-10-22)27-16-19(15-25(27)29)26(30)32-17-24(28)18-5-3-2-4-6-18/h2-14,19H,15-17H2,1H3. The van der Waals surface area contributed by atoms with E-state index in [1.807, 2.05) is 0 Å². The number of esters is 1. The molecule has 0 N–H and O–H groups in total. The van der Waals surface area contributed by atoms with E-state index in [2.05, 4.69) is 0 Å². The van der Waals surface area contributed by atoms with Gasteiger partial charge in [-0.2, -0.15) is 0 Å². The first-order valence-electron chi connectivity index (χ1n) is 10.5. The molecule has 1 fully saturated rings. The van der Waals surface area contributed by atoms with Crippen LogP contribution in [-0.4, -0.2) is 37.9 Å². The van der Waals surface area contributed by atoms with Crippen LogP contribution in [-0.2, 0) is 14.3 Å². The smallest absolute Gasteiger partial charge is 0.311 e. The molecular formula is C26H23NO6. The number of rotatable bonds is 8. The van der Waals surface area contributed by atoms with Gasteiger partial charge < -0.3 is 19.1 Å². The Morgan fingerprint density at radius 1 is 0.879 bits per heavy atom. The Hall–Kier alpha value is -4.13. The van der Waals surface area contributed by atoms with Crippen LogP contribution in [0.5, 0.6) is 17.2 Å². The number of hydrogen-bond acceptors (Lipinski definition) is 6. The van der Waals surface area contributed by atoms with Crippen molar-refractivity contribution in [1.29, 1.82) is 0 Å². The molecule has 7 nitrogen and oxygen atoms in total. The SMILES string of the molecule is COc1ccc(Oc2ccc(N3CC(C(=O)OCC(=O)c4ccccc4)CC3=O)cc2)cc1. The molecule has 0 aliphatic carbocycles. The minimum atomic E-state index is -0.615. The summed E-state index contributed by atoms with van der Waals surface area (Å²) in [6.07, 6.45) is 0.0441. The van der Waals surface area contributed by atoms with Crippen LogP contribution in [0.15, 0.2) is 78.9 Å². The minimum Gasteiger partial charge on any atom is -0.497 e. The van der Waals surface area contributed by atoms with Gasteiger partial charge in [-0.05, 0) is 48.5 Å². The van der Waals surface area contributed by atoms with Gasteiger partial charge in [0, 0.05) is 24.2 Å². The van der Waals surface area contributed by atoms with Crippen LogP contribution in [0.2, 0.25) is 0 Å². The molecular weight excluding hydrogens is 422 g/mol. The average Bonchev–Trinajstić information content (AvgIpc) is 3.25. The van der Waals surface area contributed by atoms with Crippen LogP contribution >= 0.6 is 0 Å². The fourth-order valence-electron chi connectivity index (χ4n) is 3.55. The van der Waals surface area contributed by atoms with E-state index in [1.165, 1.54) is 0 Å². The van der Waals surface area contributed by atoms with Gasteiger partial charge in [-0.3, -0.25) is 14.4 Å². The number of anilines is 1. The van der Waals surface area contributed by atoms with Crippen LogP contribution in [0.25, 0.3) is 0 Å². The van der Waals surface area contributed by atoms with Crippen molar-refractivity contribution in [3.63, 3.8) is 0 Å². The third-order valence-corrected chi connectivity index (χ3v) is 5.34. The van der Waals surface area contributed by atoms with Crippen LogP contribution in [0, 0.1) is 5.92 Å². The molecule has 0 bridgehead atoms. The maximum Gasteiger partial charge on any atom is 0.311 e. The monoisotopic (exact) mass is 445 g/mol. The van der Waals surface area contributed by atoms with Crippen molar-refractivity contribution in [1.82, 2.24) is 0 Å². The number of hydrogen-bond donors (Lipinski definition) is 0. The first-order valence-corrected chi connectivity index (χ1v) is 10.5. The summed E-state index contributed by atoms with van der Waals surface area (Å²) in [5, 5.41) is 0. The largest absolute Gasteiger partial charge is 0.497 e. The van der Waals surface area contributed by atoms with Crippen LogP contribution in [0.4, 0.5) is 5.69 Å². The van der Waals surface area contributed by atoms with E-state index in [1.54, 1.807) is 90.9 Å². The third-order valence-electron chi connectivity index (χ3n) is 5.34. The Bertz CT molecular complexity index is 1130. The van der Waals surface area contributed by atoms with Crippen molar-refractivity contribution in [2.24, 2.45) is 5.92 Å². The summed E-state index contributed by atoms with van der Waals surface area (Å²) in [4.78, 5) is 38.6. The van der Waals surface area contributed by atoms with Gasteiger partial charge in [0.05, 0.1) is 13.0 Å². The van der Waals surface area contributed by atoms with E-state index in [9.17, 15) is 14.4 Å². The minimum absolute atomic E-state index is 0.0441. The number of benzene rings is 3. The van der Waals surface area contributed by atoms with E-state index in [0.717, 1.165) is 5.75 Å². The van der Waals surface area contributed by atoms with Crippen molar-refractivity contribution in [3.8, 4) is 17.2 Å². The molecule has 1 amide bonds. The van der Waals surface area contributed by atoms with Gasteiger partial charge in [0.15, 0.2) is 12.4 Å². The second-order valence-electron chi connectivity index (χ2n) is 7.57. The Labute approximate surface area is 191 Å². The Kier molecular flexibility index (Phi) is 6.69. The molecule has 1 atom stereocenters. The topological polar surface area (TPSA) is 82.1 Å². The van der Waals surface area contributed by atoms with Gasteiger partial charge in [-0.25, -0.2) is 0 Å². The summed E-state index contributed by atoms with van der Waals surface area (Å²) in [7, 11) is 1.60.